The Balaban J connectivity index is 1.85. The van der Waals surface area contributed by atoms with E-state index in [0.29, 0.717) is 16.6 Å². The highest BCUT2D eigenvalue weighted by atomic mass is 32.2. The summed E-state index contributed by atoms with van der Waals surface area (Å²) in [5, 5.41) is 0.223. The maximum absolute atomic E-state index is 12.7. The Hall–Kier alpha value is -2.22. The van der Waals surface area contributed by atoms with Crippen LogP contribution in [0.1, 0.15) is 11.1 Å². The number of alkyl halides is 3. The smallest absolute Gasteiger partial charge is 0.330 e. The number of nitrogens with zero attached hydrogens (tertiary/aromatic N) is 2. The largest absolute Gasteiger partial charge is 0.416 e. The number of fused-ring (bicyclic) bond motifs is 1. The summed E-state index contributed by atoms with van der Waals surface area (Å²) in [7, 11) is -1.56. The molecule has 0 aliphatic rings. The van der Waals surface area contributed by atoms with Gasteiger partial charge in [0.1, 0.15) is 0 Å². The van der Waals surface area contributed by atoms with Gasteiger partial charge in [-0.3, -0.25) is 9.19 Å². The van der Waals surface area contributed by atoms with Gasteiger partial charge in [0, 0.05) is 6.20 Å². The van der Waals surface area contributed by atoms with Crippen LogP contribution in [0.25, 0.3) is 11.0 Å². The molecule has 2 aromatic heterocycles. The minimum absolute atomic E-state index is 0.0445. The van der Waals surface area contributed by atoms with E-state index in [4.69, 9.17) is 0 Å². The van der Waals surface area contributed by atoms with E-state index in [0.717, 1.165) is 12.1 Å². The van der Waals surface area contributed by atoms with Crippen molar-refractivity contribution in [3.8, 4) is 0 Å². The molecule has 4 nitrogen and oxygen atoms in total. The Labute approximate surface area is 125 Å². The molecule has 1 aromatic carbocycles. The highest BCUT2D eigenvalue weighted by Crippen LogP contribution is 2.30. The highest BCUT2D eigenvalue weighted by Gasteiger charge is 2.30. The van der Waals surface area contributed by atoms with E-state index in [1.165, 1.54) is 12.1 Å². The molecule has 3 aromatic rings. The summed E-state index contributed by atoms with van der Waals surface area (Å²) < 4.78 is 50.3. The van der Waals surface area contributed by atoms with E-state index in [-0.39, 0.29) is 10.9 Å². The van der Waals surface area contributed by atoms with E-state index in [1.54, 1.807) is 18.5 Å². The van der Waals surface area contributed by atoms with Crippen LogP contribution in [0.3, 0.4) is 0 Å². The van der Waals surface area contributed by atoms with Crippen LogP contribution >= 0.6 is 0 Å². The van der Waals surface area contributed by atoms with Crippen LogP contribution in [0.2, 0.25) is 0 Å². The predicted molar refractivity (Wildman–Crippen MR) is 75.4 cm³/mol. The van der Waals surface area contributed by atoms with Crippen LogP contribution < -0.4 is 0 Å². The quantitative estimate of drug-likeness (QED) is 0.804. The molecule has 0 saturated heterocycles. The topological polar surface area (TPSA) is 58.6 Å². The van der Waals surface area contributed by atoms with Crippen molar-refractivity contribution < 1.29 is 17.4 Å². The molecule has 0 aliphatic heterocycles. The van der Waals surface area contributed by atoms with Gasteiger partial charge < -0.3 is 4.98 Å². The van der Waals surface area contributed by atoms with Crippen molar-refractivity contribution in [3.05, 3.63) is 53.9 Å². The second-order valence-corrected chi connectivity index (χ2v) is 5.99. The molecule has 0 radical (unpaired) electrons. The van der Waals surface area contributed by atoms with Gasteiger partial charge in [0.15, 0.2) is 5.16 Å². The molecule has 114 valence electrons. The normalized spacial score (nSPS) is 13.4. The summed E-state index contributed by atoms with van der Waals surface area (Å²) >= 11 is 0. The molecule has 0 bridgehead atoms. The maximum atomic E-state index is 12.7. The van der Waals surface area contributed by atoms with Crippen molar-refractivity contribution in [2.75, 3.05) is 0 Å². The number of pyridine rings is 1. The molecule has 3 rings (SSSR count). The van der Waals surface area contributed by atoms with E-state index in [9.17, 15) is 17.4 Å². The average molecular weight is 325 g/mol. The van der Waals surface area contributed by atoms with Gasteiger partial charge in [0.05, 0.1) is 39.3 Å². The number of H-pyrrole nitrogens is 1. The lowest BCUT2D eigenvalue weighted by atomic mass is 10.1. The van der Waals surface area contributed by atoms with Gasteiger partial charge >= 0.3 is 6.18 Å². The molecule has 1 atom stereocenters. The second kappa shape index (κ2) is 5.53. The van der Waals surface area contributed by atoms with E-state index in [2.05, 4.69) is 15.0 Å². The summed E-state index contributed by atoms with van der Waals surface area (Å²) in [6.45, 7) is 0. The van der Waals surface area contributed by atoms with Gasteiger partial charge in [-0.25, -0.2) is 4.98 Å². The number of hydrogen-bond acceptors (Lipinski definition) is 3. The van der Waals surface area contributed by atoms with Gasteiger partial charge in [-0.2, -0.15) is 13.2 Å². The molecule has 22 heavy (non-hydrogen) atoms. The van der Waals surface area contributed by atoms with Crippen LogP contribution in [0.4, 0.5) is 13.2 Å². The molecule has 0 saturated carbocycles. The molecule has 1 N–H and O–H groups in total. The Bertz CT molecular complexity index is 811. The minimum atomic E-state index is -4.41. The minimum Gasteiger partial charge on any atom is -0.330 e. The molecule has 0 fully saturated rings. The number of aromatic amines is 1. The molecule has 1 unspecified atom stereocenters. The summed E-state index contributed by atoms with van der Waals surface area (Å²) in [6, 6.07) is 6.47. The van der Waals surface area contributed by atoms with Crippen molar-refractivity contribution in [2.24, 2.45) is 0 Å². The van der Waals surface area contributed by atoms with Crippen molar-refractivity contribution in [3.63, 3.8) is 0 Å². The van der Waals surface area contributed by atoms with Crippen molar-refractivity contribution in [1.29, 1.82) is 0 Å². The number of hydrogen-bond donors (Lipinski definition) is 1. The zero-order valence-electron chi connectivity index (χ0n) is 11.1. The third-order valence-corrected chi connectivity index (χ3v) is 4.25. The third-order valence-electron chi connectivity index (χ3n) is 3.03. The fourth-order valence-electron chi connectivity index (χ4n) is 2.00. The molecule has 0 aliphatic carbocycles. The van der Waals surface area contributed by atoms with Crippen LogP contribution in [0.5, 0.6) is 0 Å². The van der Waals surface area contributed by atoms with Crippen molar-refractivity contribution >= 4 is 21.8 Å². The van der Waals surface area contributed by atoms with Gasteiger partial charge in [0.25, 0.3) is 0 Å². The molecule has 0 amide bonds. The van der Waals surface area contributed by atoms with E-state index >= 15 is 0 Å². The van der Waals surface area contributed by atoms with Crippen molar-refractivity contribution in [2.45, 2.75) is 17.1 Å². The number of nitrogens with one attached hydrogen (secondary N) is 1. The Morgan fingerprint density at radius 2 is 2.05 bits per heavy atom. The van der Waals surface area contributed by atoms with Crippen LogP contribution in [-0.2, 0) is 22.7 Å². The zero-order chi connectivity index (χ0) is 15.7. The monoisotopic (exact) mass is 325 g/mol. The van der Waals surface area contributed by atoms with E-state index < -0.39 is 22.5 Å². The zero-order valence-corrected chi connectivity index (χ0v) is 11.9. The molecular weight excluding hydrogens is 315 g/mol. The maximum Gasteiger partial charge on any atom is 0.416 e. The summed E-state index contributed by atoms with van der Waals surface area (Å²) in [4.78, 5) is 10.9. The fraction of sp³-hybridized carbons (Fsp3) is 0.143. The van der Waals surface area contributed by atoms with Crippen LogP contribution in [0, 0.1) is 0 Å². The fourth-order valence-corrected chi connectivity index (χ4v) is 3.04. The van der Waals surface area contributed by atoms with Gasteiger partial charge in [-0.05, 0) is 17.7 Å². The predicted octanol–water partition coefficient (Wildman–Crippen LogP) is 3.28. The van der Waals surface area contributed by atoms with Crippen LogP contribution in [0.15, 0.2) is 47.9 Å². The number of halogens is 3. The summed E-state index contributed by atoms with van der Waals surface area (Å²) in [6.07, 6.45) is -1.31. The number of benzene rings is 1. The van der Waals surface area contributed by atoms with Gasteiger partial charge in [-0.15, -0.1) is 0 Å². The number of imidazole rings is 1. The summed E-state index contributed by atoms with van der Waals surface area (Å²) in [5.41, 5.74) is 0.833. The van der Waals surface area contributed by atoms with Gasteiger partial charge in [-0.1, -0.05) is 18.2 Å². The summed E-state index contributed by atoms with van der Waals surface area (Å²) in [5.74, 6) is -0.0445. The molecule has 8 heteroatoms. The first-order chi connectivity index (χ1) is 10.4. The SMILES string of the molecule is O=S(Cc1cccc(C(F)(F)F)c1)c1nc2ccncc2[nH]1. The van der Waals surface area contributed by atoms with Crippen molar-refractivity contribution in [1.82, 2.24) is 15.0 Å². The van der Waals surface area contributed by atoms with E-state index in [1.807, 2.05) is 0 Å². The molecule has 2 heterocycles. The highest BCUT2D eigenvalue weighted by molar-refractivity contribution is 7.84. The Kier molecular flexibility index (Phi) is 3.69. The van der Waals surface area contributed by atoms with Crippen LogP contribution in [-0.4, -0.2) is 19.2 Å². The lowest BCUT2D eigenvalue weighted by Crippen LogP contribution is -2.06. The number of aromatic nitrogens is 3. The third kappa shape index (κ3) is 3.01. The average Bonchev–Trinajstić information content (AvgIpc) is 2.90. The number of rotatable bonds is 3. The molecular formula is C14H10F3N3OS. The Morgan fingerprint density at radius 3 is 2.77 bits per heavy atom. The molecule has 0 spiro atoms. The first kappa shape index (κ1) is 14.7. The lowest BCUT2D eigenvalue weighted by molar-refractivity contribution is -0.137. The lowest BCUT2D eigenvalue weighted by Gasteiger charge is -2.08. The first-order valence-electron chi connectivity index (χ1n) is 6.28. The first-order valence-corrected chi connectivity index (χ1v) is 7.59. The Morgan fingerprint density at radius 1 is 1.23 bits per heavy atom. The second-order valence-electron chi connectivity index (χ2n) is 4.62. The standard InChI is InChI=1S/C14H10F3N3OS/c15-14(16,17)10-3-1-2-9(6-10)8-22(21)13-19-11-4-5-18-7-12(11)20-13/h1-7H,8H2,(H,19,20). The van der Waals surface area contributed by atoms with Gasteiger partial charge in [0.2, 0.25) is 0 Å².